The summed E-state index contributed by atoms with van der Waals surface area (Å²) in [6, 6.07) is 4.47. The lowest BCUT2D eigenvalue weighted by molar-refractivity contribution is 0.470. The number of halogens is 2. The Labute approximate surface area is 101 Å². The summed E-state index contributed by atoms with van der Waals surface area (Å²) in [7, 11) is 0. The Bertz CT molecular complexity index is 342. The molecule has 4 heteroatoms. The first-order chi connectivity index (χ1) is 8.15. The molecular formula is C13H20F2N2. The molecule has 1 atom stereocenters. The molecule has 0 aliphatic rings. The molecule has 0 aliphatic carbocycles. The molecule has 0 fully saturated rings. The predicted octanol–water partition coefficient (Wildman–Crippen LogP) is 2.44. The quantitative estimate of drug-likeness (QED) is 0.718. The lowest BCUT2D eigenvalue weighted by atomic mass is 10.2. The van der Waals surface area contributed by atoms with Crippen LogP contribution in [-0.4, -0.2) is 19.1 Å². The third kappa shape index (κ3) is 4.79. The topological polar surface area (TPSA) is 24.1 Å². The van der Waals surface area contributed by atoms with E-state index in [1.807, 2.05) is 6.92 Å². The van der Waals surface area contributed by atoms with Gasteiger partial charge in [-0.25, -0.2) is 8.78 Å². The molecule has 0 bridgehead atoms. The maximum Gasteiger partial charge on any atom is 0.163 e. The molecule has 0 aliphatic heterocycles. The van der Waals surface area contributed by atoms with Crippen LogP contribution >= 0.6 is 0 Å². The van der Waals surface area contributed by atoms with Crippen molar-refractivity contribution in [3.8, 4) is 0 Å². The van der Waals surface area contributed by atoms with Crippen molar-refractivity contribution in [1.29, 1.82) is 0 Å². The summed E-state index contributed by atoms with van der Waals surface area (Å²) in [4.78, 5) is 0. The fourth-order valence-electron chi connectivity index (χ4n) is 1.54. The van der Waals surface area contributed by atoms with Gasteiger partial charge in [0.1, 0.15) is 0 Å². The van der Waals surface area contributed by atoms with Crippen molar-refractivity contribution in [2.24, 2.45) is 0 Å². The van der Waals surface area contributed by atoms with Crippen molar-refractivity contribution in [1.82, 2.24) is 10.6 Å². The van der Waals surface area contributed by atoms with Gasteiger partial charge in [0.15, 0.2) is 11.6 Å². The zero-order valence-electron chi connectivity index (χ0n) is 10.4. The molecule has 0 saturated heterocycles. The fraction of sp³-hybridized carbons (Fsp3) is 0.538. The van der Waals surface area contributed by atoms with E-state index >= 15 is 0 Å². The number of nitrogens with one attached hydrogen (secondary N) is 2. The molecule has 1 aromatic rings. The van der Waals surface area contributed by atoms with Crippen LogP contribution < -0.4 is 10.6 Å². The summed E-state index contributed by atoms with van der Waals surface area (Å²) in [6.07, 6.45) is 1.09. The van der Waals surface area contributed by atoms with Crippen LogP contribution in [0.25, 0.3) is 0 Å². The van der Waals surface area contributed by atoms with Crippen molar-refractivity contribution >= 4 is 0 Å². The van der Waals surface area contributed by atoms with Crippen LogP contribution in [0.5, 0.6) is 0 Å². The highest BCUT2D eigenvalue weighted by molar-refractivity contribution is 5.18. The summed E-state index contributed by atoms with van der Waals surface area (Å²) in [5.74, 6) is -1.55. The summed E-state index contributed by atoms with van der Waals surface area (Å²) >= 11 is 0. The van der Waals surface area contributed by atoms with Crippen molar-refractivity contribution in [3.63, 3.8) is 0 Å². The van der Waals surface area contributed by atoms with Crippen LogP contribution in [0, 0.1) is 11.6 Å². The van der Waals surface area contributed by atoms with Gasteiger partial charge in [-0.2, -0.15) is 0 Å². The molecule has 96 valence electrons. The second-order valence-electron chi connectivity index (χ2n) is 4.20. The first kappa shape index (κ1) is 14.1. The third-order valence-electron chi connectivity index (χ3n) is 2.55. The van der Waals surface area contributed by atoms with Gasteiger partial charge in [-0.1, -0.05) is 19.1 Å². The molecule has 0 amide bonds. The van der Waals surface area contributed by atoms with Gasteiger partial charge in [0.05, 0.1) is 0 Å². The van der Waals surface area contributed by atoms with E-state index in [0.717, 1.165) is 25.6 Å². The molecule has 0 spiro atoms. The largest absolute Gasteiger partial charge is 0.315 e. The molecule has 0 saturated carbocycles. The van der Waals surface area contributed by atoms with Crippen LogP contribution in [0.3, 0.4) is 0 Å². The number of benzene rings is 1. The Morgan fingerprint density at radius 1 is 1.29 bits per heavy atom. The van der Waals surface area contributed by atoms with Crippen molar-refractivity contribution in [2.75, 3.05) is 13.1 Å². The molecule has 1 unspecified atom stereocenters. The minimum atomic E-state index is -0.791. The van der Waals surface area contributed by atoms with E-state index in [9.17, 15) is 8.78 Å². The van der Waals surface area contributed by atoms with Crippen LogP contribution in [-0.2, 0) is 6.54 Å². The number of hydrogen-bond acceptors (Lipinski definition) is 2. The molecule has 0 radical (unpaired) electrons. The van der Waals surface area contributed by atoms with Gasteiger partial charge in [0, 0.05) is 24.7 Å². The Kier molecular flexibility index (Phi) is 6.08. The lowest BCUT2D eigenvalue weighted by Crippen LogP contribution is -2.36. The van der Waals surface area contributed by atoms with E-state index in [1.165, 1.54) is 6.07 Å². The SMILES string of the molecule is CCCNCC(C)NCc1cccc(F)c1F. The van der Waals surface area contributed by atoms with E-state index < -0.39 is 11.6 Å². The van der Waals surface area contributed by atoms with Crippen molar-refractivity contribution < 1.29 is 8.78 Å². The summed E-state index contributed by atoms with van der Waals surface area (Å²) < 4.78 is 26.3. The highest BCUT2D eigenvalue weighted by Gasteiger charge is 2.08. The average molecular weight is 242 g/mol. The Morgan fingerprint density at radius 3 is 2.76 bits per heavy atom. The minimum Gasteiger partial charge on any atom is -0.315 e. The Balaban J connectivity index is 2.37. The Hall–Kier alpha value is -1.00. The van der Waals surface area contributed by atoms with Crippen molar-refractivity contribution in [3.05, 3.63) is 35.4 Å². The van der Waals surface area contributed by atoms with Gasteiger partial charge < -0.3 is 10.6 Å². The van der Waals surface area contributed by atoms with Crippen LogP contribution in [0.15, 0.2) is 18.2 Å². The maximum absolute atomic E-state index is 13.3. The zero-order chi connectivity index (χ0) is 12.7. The molecule has 2 nitrogen and oxygen atoms in total. The van der Waals surface area contributed by atoms with Crippen LogP contribution in [0.1, 0.15) is 25.8 Å². The minimum absolute atomic E-state index is 0.226. The second-order valence-corrected chi connectivity index (χ2v) is 4.20. The predicted molar refractivity (Wildman–Crippen MR) is 65.8 cm³/mol. The van der Waals surface area contributed by atoms with Crippen LogP contribution in [0.2, 0.25) is 0 Å². The summed E-state index contributed by atoms with van der Waals surface area (Å²) in [5.41, 5.74) is 0.368. The average Bonchev–Trinajstić information content (AvgIpc) is 2.31. The molecule has 0 aromatic heterocycles. The van der Waals surface area contributed by atoms with Gasteiger partial charge in [0.25, 0.3) is 0 Å². The normalized spacial score (nSPS) is 12.7. The van der Waals surface area contributed by atoms with Gasteiger partial charge >= 0.3 is 0 Å². The zero-order valence-corrected chi connectivity index (χ0v) is 10.4. The summed E-state index contributed by atoms with van der Waals surface area (Å²) in [5, 5.41) is 6.42. The molecular weight excluding hydrogens is 222 g/mol. The Morgan fingerprint density at radius 2 is 2.06 bits per heavy atom. The second kappa shape index (κ2) is 7.35. The maximum atomic E-state index is 13.3. The molecule has 0 heterocycles. The lowest BCUT2D eigenvalue weighted by Gasteiger charge is -2.14. The number of rotatable bonds is 7. The molecule has 17 heavy (non-hydrogen) atoms. The fourth-order valence-corrected chi connectivity index (χ4v) is 1.54. The highest BCUT2D eigenvalue weighted by Crippen LogP contribution is 2.10. The smallest absolute Gasteiger partial charge is 0.163 e. The molecule has 2 N–H and O–H groups in total. The summed E-state index contributed by atoms with van der Waals surface area (Å²) in [6.45, 7) is 6.26. The van der Waals surface area contributed by atoms with E-state index in [0.29, 0.717) is 12.1 Å². The van der Waals surface area contributed by atoms with E-state index in [4.69, 9.17) is 0 Å². The highest BCUT2D eigenvalue weighted by atomic mass is 19.2. The van der Waals surface area contributed by atoms with E-state index in [2.05, 4.69) is 17.6 Å². The molecule has 1 rings (SSSR count). The first-order valence-corrected chi connectivity index (χ1v) is 6.02. The van der Waals surface area contributed by atoms with Gasteiger partial charge in [0.2, 0.25) is 0 Å². The monoisotopic (exact) mass is 242 g/mol. The van der Waals surface area contributed by atoms with Crippen molar-refractivity contribution in [2.45, 2.75) is 32.9 Å². The van der Waals surface area contributed by atoms with Gasteiger partial charge in [-0.05, 0) is 26.0 Å². The van der Waals surface area contributed by atoms with Gasteiger partial charge in [-0.15, -0.1) is 0 Å². The number of hydrogen-bond donors (Lipinski definition) is 2. The van der Waals surface area contributed by atoms with E-state index in [1.54, 1.807) is 6.07 Å². The first-order valence-electron chi connectivity index (χ1n) is 6.02. The van der Waals surface area contributed by atoms with E-state index in [-0.39, 0.29) is 6.04 Å². The standard InChI is InChI=1S/C13H20F2N2/c1-3-7-16-8-10(2)17-9-11-5-4-6-12(14)13(11)15/h4-6,10,16-17H,3,7-9H2,1-2H3. The van der Waals surface area contributed by atoms with Gasteiger partial charge in [-0.3, -0.25) is 0 Å². The third-order valence-corrected chi connectivity index (χ3v) is 2.55. The van der Waals surface area contributed by atoms with Crippen LogP contribution in [0.4, 0.5) is 8.78 Å². The molecule has 1 aromatic carbocycles.